The van der Waals surface area contributed by atoms with E-state index in [2.05, 4.69) is 27.7 Å². The van der Waals surface area contributed by atoms with Gasteiger partial charge in [-0.25, -0.2) is 0 Å². The van der Waals surface area contributed by atoms with Crippen molar-refractivity contribution in [2.45, 2.75) is 316 Å². The number of hydrogen-bond donors (Lipinski definition) is 0. The predicted octanol–water partition coefficient (Wildman–Crippen LogP) is 17.8. The summed E-state index contributed by atoms with van der Waals surface area (Å²) in [5, 5.41) is 0. The molecule has 0 heterocycles. The van der Waals surface area contributed by atoms with Crippen molar-refractivity contribution in [2.75, 3.05) is 13.2 Å². The Kier molecular flexibility index (Phi) is 48.1. The van der Waals surface area contributed by atoms with Gasteiger partial charge in [0.25, 0.3) is 0 Å². The van der Waals surface area contributed by atoms with Crippen LogP contribution < -0.4 is 0 Å². The van der Waals surface area contributed by atoms with Crippen LogP contribution in [0.5, 0.6) is 0 Å². The Bertz CT molecular complexity index is 918. The summed E-state index contributed by atoms with van der Waals surface area (Å²) in [5.41, 5.74) is 0. The van der Waals surface area contributed by atoms with E-state index < -0.39 is 6.10 Å². The molecule has 0 aliphatic carbocycles. The van der Waals surface area contributed by atoms with E-state index in [4.69, 9.17) is 14.2 Å². The van der Waals surface area contributed by atoms with Gasteiger partial charge >= 0.3 is 17.9 Å². The van der Waals surface area contributed by atoms with Crippen molar-refractivity contribution in [3.05, 3.63) is 0 Å². The first kappa shape index (κ1) is 59.4. The molecule has 6 heteroatoms. The van der Waals surface area contributed by atoms with Crippen LogP contribution in [0.1, 0.15) is 310 Å². The lowest BCUT2D eigenvalue weighted by Gasteiger charge is -2.18. The lowest BCUT2D eigenvalue weighted by Crippen LogP contribution is -2.30. The summed E-state index contributed by atoms with van der Waals surface area (Å²) in [6, 6.07) is 0. The van der Waals surface area contributed by atoms with Gasteiger partial charge in [-0.2, -0.15) is 0 Å². The normalized spacial score (nSPS) is 12.0. The van der Waals surface area contributed by atoms with E-state index in [-0.39, 0.29) is 31.1 Å². The molecule has 0 aliphatic rings. The van der Waals surface area contributed by atoms with Gasteiger partial charge in [-0.15, -0.1) is 0 Å². The van der Waals surface area contributed by atoms with Gasteiger partial charge in [-0.1, -0.05) is 272 Å². The first-order chi connectivity index (χ1) is 29.9. The minimum absolute atomic E-state index is 0.0629. The number of hydrogen-bond acceptors (Lipinski definition) is 6. The van der Waals surface area contributed by atoms with E-state index in [1.807, 2.05) is 0 Å². The molecule has 0 saturated carbocycles. The Balaban J connectivity index is 4.26. The zero-order chi connectivity index (χ0) is 44.5. The van der Waals surface area contributed by atoms with E-state index in [1.54, 1.807) is 0 Å². The van der Waals surface area contributed by atoms with Crippen LogP contribution in [0.25, 0.3) is 0 Å². The monoisotopic (exact) mass is 863 g/mol. The van der Waals surface area contributed by atoms with Crippen LogP contribution in [-0.4, -0.2) is 37.2 Å². The average molecular weight is 863 g/mol. The summed E-state index contributed by atoms with van der Waals surface area (Å²) in [5.74, 6) is -0.0618. The van der Waals surface area contributed by atoms with Gasteiger partial charge in [-0.3, -0.25) is 14.4 Å². The fraction of sp³-hybridized carbons (Fsp3) is 0.945. The Morgan fingerprint density at radius 1 is 0.311 bits per heavy atom. The molecular weight excluding hydrogens is 757 g/mol. The minimum atomic E-state index is -0.761. The molecule has 1 atom stereocenters. The smallest absolute Gasteiger partial charge is 0.306 e. The third kappa shape index (κ3) is 49.3. The third-order valence-corrected chi connectivity index (χ3v) is 12.5. The van der Waals surface area contributed by atoms with Crippen LogP contribution >= 0.6 is 0 Å². The molecule has 0 aromatic heterocycles. The molecule has 0 radical (unpaired) electrons. The lowest BCUT2D eigenvalue weighted by molar-refractivity contribution is -0.167. The molecule has 0 aliphatic heterocycles. The fourth-order valence-corrected chi connectivity index (χ4v) is 8.39. The molecule has 0 amide bonds. The molecule has 0 aromatic carbocycles. The maximum Gasteiger partial charge on any atom is 0.306 e. The average Bonchev–Trinajstić information content (AvgIpc) is 3.24. The number of ether oxygens (including phenoxy) is 3. The molecule has 0 fully saturated rings. The largest absolute Gasteiger partial charge is 0.462 e. The van der Waals surface area contributed by atoms with Crippen LogP contribution in [0.4, 0.5) is 0 Å². The molecule has 6 nitrogen and oxygen atoms in total. The number of rotatable bonds is 50. The van der Waals surface area contributed by atoms with Crippen molar-refractivity contribution in [3.63, 3.8) is 0 Å². The lowest BCUT2D eigenvalue weighted by atomic mass is 10.0. The van der Waals surface area contributed by atoms with Gasteiger partial charge in [0.2, 0.25) is 0 Å². The van der Waals surface area contributed by atoms with Crippen LogP contribution in [-0.2, 0) is 28.6 Å². The van der Waals surface area contributed by atoms with Crippen LogP contribution in [0.3, 0.4) is 0 Å². The summed E-state index contributed by atoms with van der Waals surface area (Å²) >= 11 is 0. The maximum absolute atomic E-state index is 12.8. The number of carbonyl (C=O) groups excluding carboxylic acids is 3. The minimum Gasteiger partial charge on any atom is -0.462 e. The van der Waals surface area contributed by atoms with Gasteiger partial charge in [0.15, 0.2) is 6.10 Å². The van der Waals surface area contributed by atoms with Crippen molar-refractivity contribution in [3.8, 4) is 0 Å². The standard InChI is InChI=1S/C55H106O6/c1-5-7-9-11-13-15-17-19-21-23-25-27-29-31-35-40-44-48-55(58)61-52(50-60-54(57)47-43-39-36-32-33-37-41-45-51(3)4)49-59-53(56)46-42-38-34-30-28-26-24-22-20-18-16-14-12-10-8-6-2/h51-52H,5-50H2,1-4H3/t52-/m0/s1. The molecule has 0 saturated heterocycles. The van der Waals surface area contributed by atoms with Crippen LogP contribution in [0, 0.1) is 5.92 Å². The Labute approximate surface area is 380 Å². The van der Waals surface area contributed by atoms with Gasteiger partial charge in [0.05, 0.1) is 0 Å². The molecule has 362 valence electrons. The highest BCUT2D eigenvalue weighted by atomic mass is 16.6. The third-order valence-electron chi connectivity index (χ3n) is 12.5. The van der Waals surface area contributed by atoms with Gasteiger partial charge in [-0.05, 0) is 25.2 Å². The Hall–Kier alpha value is -1.59. The molecule has 0 bridgehead atoms. The Morgan fingerprint density at radius 3 is 0.803 bits per heavy atom. The van der Waals surface area contributed by atoms with E-state index in [0.717, 1.165) is 63.7 Å². The van der Waals surface area contributed by atoms with Crippen molar-refractivity contribution in [1.29, 1.82) is 0 Å². The van der Waals surface area contributed by atoms with Crippen molar-refractivity contribution < 1.29 is 28.6 Å². The topological polar surface area (TPSA) is 78.9 Å². The zero-order valence-corrected chi connectivity index (χ0v) is 41.6. The van der Waals surface area contributed by atoms with Crippen molar-refractivity contribution >= 4 is 17.9 Å². The summed E-state index contributed by atoms with van der Waals surface area (Å²) in [6.45, 7) is 8.99. The highest BCUT2D eigenvalue weighted by Gasteiger charge is 2.19. The molecule has 0 unspecified atom stereocenters. The summed E-state index contributed by atoms with van der Waals surface area (Å²) in [4.78, 5) is 38.0. The van der Waals surface area contributed by atoms with Gasteiger partial charge in [0.1, 0.15) is 13.2 Å². The van der Waals surface area contributed by atoms with E-state index >= 15 is 0 Å². The van der Waals surface area contributed by atoms with E-state index in [9.17, 15) is 14.4 Å². The van der Waals surface area contributed by atoms with Crippen LogP contribution in [0.15, 0.2) is 0 Å². The maximum atomic E-state index is 12.8. The highest BCUT2D eigenvalue weighted by Crippen LogP contribution is 2.17. The van der Waals surface area contributed by atoms with E-state index in [1.165, 1.54) is 205 Å². The highest BCUT2D eigenvalue weighted by molar-refractivity contribution is 5.71. The van der Waals surface area contributed by atoms with Crippen LogP contribution in [0.2, 0.25) is 0 Å². The van der Waals surface area contributed by atoms with Gasteiger partial charge < -0.3 is 14.2 Å². The second-order valence-electron chi connectivity index (χ2n) is 19.3. The first-order valence-corrected chi connectivity index (χ1v) is 27.4. The number of esters is 3. The van der Waals surface area contributed by atoms with Gasteiger partial charge in [0, 0.05) is 19.3 Å². The summed E-state index contributed by atoms with van der Waals surface area (Å²) in [7, 11) is 0. The fourth-order valence-electron chi connectivity index (χ4n) is 8.39. The second-order valence-corrected chi connectivity index (χ2v) is 19.3. The van der Waals surface area contributed by atoms with E-state index in [0.29, 0.717) is 19.3 Å². The second kappa shape index (κ2) is 49.4. The summed E-state index contributed by atoms with van der Waals surface area (Å²) < 4.78 is 16.8. The molecule has 0 N–H and O–H groups in total. The predicted molar refractivity (Wildman–Crippen MR) is 261 cm³/mol. The zero-order valence-electron chi connectivity index (χ0n) is 41.6. The number of carbonyl (C=O) groups is 3. The first-order valence-electron chi connectivity index (χ1n) is 27.4. The Morgan fingerprint density at radius 2 is 0.541 bits per heavy atom. The molecule has 61 heavy (non-hydrogen) atoms. The molecule has 0 rings (SSSR count). The summed E-state index contributed by atoms with van der Waals surface area (Å²) in [6.07, 6.45) is 52.4. The molecule has 0 aromatic rings. The molecule has 0 spiro atoms. The quantitative estimate of drug-likeness (QED) is 0.0344. The van der Waals surface area contributed by atoms with Crippen molar-refractivity contribution in [1.82, 2.24) is 0 Å². The number of unbranched alkanes of at least 4 members (excludes halogenated alkanes) is 37. The molecular formula is C55H106O6. The SMILES string of the molecule is CCCCCCCCCCCCCCCCCCCC(=O)O[C@@H](COC(=O)CCCCCCCCCCCCCCCCCC)COC(=O)CCCCCCCCCC(C)C. The van der Waals surface area contributed by atoms with Crippen molar-refractivity contribution in [2.24, 2.45) is 5.92 Å².